The summed E-state index contributed by atoms with van der Waals surface area (Å²) in [4.78, 5) is 32.1. The maximum atomic E-state index is 13.7. The molecule has 1 unspecified atom stereocenters. The summed E-state index contributed by atoms with van der Waals surface area (Å²) < 4.78 is 30.2. The number of carboxylic acid groups (broad SMARTS) is 1. The van der Waals surface area contributed by atoms with Crippen molar-refractivity contribution in [2.75, 3.05) is 13.7 Å². The lowest BCUT2D eigenvalue weighted by molar-refractivity contribution is -0.132. The molecule has 2 aromatic rings. The first-order valence-electron chi connectivity index (χ1n) is 11.9. The highest BCUT2D eigenvalue weighted by atomic mass is 32.1. The van der Waals surface area contributed by atoms with Crippen molar-refractivity contribution in [3.05, 3.63) is 45.4 Å². The lowest BCUT2D eigenvalue weighted by atomic mass is 9.75. The molecule has 1 aliphatic heterocycles. The number of likely N-dealkylation sites (tertiary alicyclic amines) is 1. The zero-order chi connectivity index (χ0) is 25.1. The Morgan fingerprint density at radius 2 is 1.97 bits per heavy atom. The molecule has 1 N–H and O–H groups in total. The molecule has 1 aliphatic carbocycles. The van der Waals surface area contributed by atoms with E-state index < -0.39 is 29.6 Å². The van der Waals surface area contributed by atoms with Crippen molar-refractivity contribution < 1.29 is 23.5 Å². The second-order valence-corrected chi connectivity index (χ2v) is 10.6. The average Bonchev–Trinajstić information content (AvgIpc) is 3.35. The lowest BCUT2D eigenvalue weighted by Gasteiger charge is -2.30. The van der Waals surface area contributed by atoms with Crippen LogP contribution in [0.5, 0.6) is 5.75 Å². The lowest BCUT2D eigenvalue weighted by Crippen LogP contribution is -2.35. The third-order valence-electron chi connectivity index (χ3n) is 6.77. The fraction of sp³-hybridized carbons (Fsp3) is 0.542. The Labute approximate surface area is 191 Å². The molecule has 1 saturated heterocycles. The quantitative estimate of drug-likeness (QED) is 0.702. The number of hydrogen-bond acceptors (Lipinski definition) is 5. The molecule has 1 atom stereocenters. The van der Waals surface area contributed by atoms with Crippen LogP contribution in [0, 0.1) is 5.41 Å². The van der Waals surface area contributed by atoms with E-state index >= 15 is 0 Å². The predicted octanol–water partition coefficient (Wildman–Crippen LogP) is 4.62. The number of ether oxygens (including phenoxy) is 1. The summed E-state index contributed by atoms with van der Waals surface area (Å²) in [5, 5.41) is 10.0. The largest absolute Gasteiger partial charge is 0.497 e. The zero-order valence-corrected chi connectivity index (χ0v) is 19.1. The van der Waals surface area contributed by atoms with Crippen molar-refractivity contribution in [3.8, 4) is 5.75 Å². The standard InChI is InChI=1S/C24H30N2O4S/c1-22(2,3)24(10-11-24)18-17(19(27)28)31-20(25-18)23(4)12-13-26(21(23)29)14-15-6-8-16(30-5)9-7-15/h6-9H,10-14H2,1-5H3,(H,27,28)/i4D3. The van der Waals surface area contributed by atoms with E-state index in [4.69, 9.17) is 8.85 Å². The molecule has 1 aromatic carbocycles. The number of carbonyl (C=O) groups is 2. The summed E-state index contributed by atoms with van der Waals surface area (Å²) in [6.07, 6.45) is 1.64. The molecule has 1 amide bonds. The molecular formula is C24H30N2O4S. The Hall–Kier alpha value is -2.41. The number of aromatic nitrogens is 1. The van der Waals surface area contributed by atoms with Crippen LogP contribution >= 0.6 is 11.3 Å². The highest BCUT2D eigenvalue weighted by molar-refractivity contribution is 7.14. The zero-order valence-electron chi connectivity index (χ0n) is 21.3. The fourth-order valence-corrected chi connectivity index (χ4v) is 5.64. The number of carboxylic acids is 1. The number of methoxy groups -OCH3 is 1. The van der Waals surface area contributed by atoms with E-state index in [9.17, 15) is 14.7 Å². The van der Waals surface area contributed by atoms with Crippen molar-refractivity contribution >= 4 is 23.2 Å². The average molecular weight is 446 g/mol. The fourth-order valence-electron chi connectivity index (χ4n) is 4.52. The first-order valence-corrected chi connectivity index (χ1v) is 11.3. The third-order valence-corrected chi connectivity index (χ3v) is 7.97. The number of nitrogens with zero attached hydrogens (tertiary/aromatic N) is 2. The van der Waals surface area contributed by atoms with Gasteiger partial charge in [-0.15, -0.1) is 11.3 Å². The Morgan fingerprint density at radius 3 is 2.48 bits per heavy atom. The SMILES string of the molecule is [2H]C([2H])([2H])C1(c2nc(C3(C(C)(C)C)CC3)c(C(=O)O)s2)CCN(Cc2ccc(OC)cc2)C1=O. The molecule has 2 heterocycles. The van der Waals surface area contributed by atoms with Gasteiger partial charge in [-0.3, -0.25) is 4.79 Å². The van der Waals surface area contributed by atoms with Crippen LogP contribution in [-0.4, -0.2) is 40.5 Å². The minimum Gasteiger partial charge on any atom is -0.497 e. The molecule has 6 nitrogen and oxygen atoms in total. The van der Waals surface area contributed by atoms with Gasteiger partial charge in [0.25, 0.3) is 0 Å². The molecule has 166 valence electrons. The first-order chi connectivity index (χ1) is 15.8. The molecular weight excluding hydrogens is 412 g/mol. The van der Waals surface area contributed by atoms with Gasteiger partial charge in [0.1, 0.15) is 15.6 Å². The second-order valence-electron chi connectivity index (χ2n) is 9.56. The van der Waals surface area contributed by atoms with E-state index in [2.05, 4.69) is 4.98 Å². The number of hydrogen-bond donors (Lipinski definition) is 1. The predicted molar refractivity (Wildman–Crippen MR) is 120 cm³/mol. The number of benzene rings is 1. The van der Waals surface area contributed by atoms with Gasteiger partial charge < -0.3 is 14.7 Å². The minimum atomic E-state index is -2.66. The number of carbonyl (C=O) groups excluding carboxylic acids is 1. The van der Waals surface area contributed by atoms with Gasteiger partial charge in [0.15, 0.2) is 0 Å². The number of amides is 1. The maximum Gasteiger partial charge on any atom is 0.347 e. The van der Waals surface area contributed by atoms with Gasteiger partial charge in [0.05, 0.1) is 18.2 Å². The highest BCUT2D eigenvalue weighted by Crippen LogP contribution is 2.61. The molecule has 7 heteroatoms. The summed E-state index contributed by atoms with van der Waals surface area (Å²) in [5.74, 6) is -0.964. The monoisotopic (exact) mass is 445 g/mol. The van der Waals surface area contributed by atoms with Crippen molar-refractivity contribution in [3.63, 3.8) is 0 Å². The maximum absolute atomic E-state index is 13.7. The van der Waals surface area contributed by atoms with Crippen LogP contribution in [0.2, 0.25) is 0 Å². The Bertz CT molecular complexity index is 1120. The highest BCUT2D eigenvalue weighted by Gasteiger charge is 2.57. The van der Waals surface area contributed by atoms with Crippen LogP contribution in [0.15, 0.2) is 24.3 Å². The number of rotatable bonds is 6. The van der Waals surface area contributed by atoms with Gasteiger partial charge in [-0.2, -0.15) is 0 Å². The smallest absolute Gasteiger partial charge is 0.347 e. The van der Waals surface area contributed by atoms with Crippen LogP contribution in [0.3, 0.4) is 0 Å². The molecule has 31 heavy (non-hydrogen) atoms. The van der Waals surface area contributed by atoms with Crippen molar-refractivity contribution in [2.24, 2.45) is 5.41 Å². The molecule has 2 aliphatic rings. The molecule has 2 fully saturated rings. The Kier molecular flexibility index (Phi) is 4.30. The second kappa shape index (κ2) is 7.33. The van der Waals surface area contributed by atoms with Gasteiger partial charge in [-0.25, -0.2) is 9.78 Å². The Balaban J connectivity index is 1.75. The third kappa shape index (κ3) is 3.53. The van der Waals surface area contributed by atoms with Gasteiger partial charge in [0.2, 0.25) is 5.91 Å². The molecule has 4 rings (SSSR count). The summed E-state index contributed by atoms with van der Waals surface area (Å²) in [5.41, 5.74) is -1.23. The van der Waals surface area contributed by atoms with E-state index in [0.29, 0.717) is 11.4 Å². The van der Waals surface area contributed by atoms with Crippen LogP contribution in [0.1, 0.15) is 76.9 Å². The van der Waals surface area contributed by atoms with Crippen molar-refractivity contribution in [1.82, 2.24) is 9.88 Å². The number of aromatic carboxylic acids is 1. The molecule has 1 aromatic heterocycles. The summed E-state index contributed by atoms with van der Waals surface area (Å²) in [6.45, 7) is 3.98. The topological polar surface area (TPSA) is 79.7 Å². The van der Waals surface area contributed by atoms with Gasteiger partial charge in [-0.05, 0) is 49.2 Å². The molecule has 0 spiro atoms. The summed E-state index contributed by atoms with van der Waals surface area (Å²) in [6, 6.07) is 7.26. The van der Waals surface area contributed by atoms with E-state index in [-0.39, 0.29) is 34.8 Å². The van der Waals surface area contributed by atoms with Crippen molar-refractivity contribution in [2.45, 2.75) is 64.3 Å². The summed E-state index contributed by atoms with van der Waals surface area (Å²) >= 11 is 0.856. The van der Waals surface area contributed by atoms with E-state index in [1.807, 2.05) is 32.9 Å². The normalized spacial score (nSPS) is 24.5. The van der Waals surface area contributed by atoms with Crippen LogP contribution in [0.25, 0.3) is 0 Å². The van der Waals surface area contributed by atoms with Gasteiger partial charge in [-0.1, -0.05) is 32.9 Å². The van der Waals surface area contributed by atoms with Gasteiger partial charge >= 0.3 is 5.97 Å². The van der Waals surface area contributed by atoms with Crippen LogP contribution < -0.4 is 4.74 Å². The minimum absolute atomic E-state index is 0.0486. The Morgan fingerprint density at radius 1 is 1.29 bits per heavy atom. The van der Waals surface area contributed by atoms with Crippen molar-refractivity contribution in [1.29, 1.82) is 0 Å². The van der Waals surface area contributed by atoms with E-state index in [0.717, 1.165) is 29.7 Å². The van der Waals surface area contributed by atoms with Crippen LogP contribution in [0.4, 0.5) is 0 Å². The summed E-state index contributed by atoms with van der Waals surface area (Å²) in [7, 11) is 1.57. The first kappa shape index (κ1) is 18.2. The molecule has 0 bridgehead atoms. The number of thiazole rings is 1. The van der Waals surface area contributed by atoms with Crippen LogP contribution in [-0.2, 0) is 22.2 Å². The van der Waals surface area contributed by atoms with E-state index in [1.165, 1.54) is 4.90 Å². The molecule has 0 radical (unpaired) electrons. The van der Waals surface area contributed by atoms with Gasteiger partial charge in [0, 0.05) is 22.6 Å². The van der Waals surface area contributed by atoms with E-state index in [1.54, 1.807) is 19.2 Å². The molecule has 1 saturated carbocycles.